The van der Waals surface area contributed by atoms with Crippen molar-refractivity contribution in [1.29, 1.82) is 0 Å². The molecule has 0 aliphatic heterocycles. The van der Waals surface area contributed by atoms with Gasteiger partial charge in [0.25, 0.3) is 0 Å². The van der Waals surface area contributed by atoms with Crippen LogP contribution in [-0.2, 0) is 0 Å². The molecular weight excluding hydrogens is 172 g/mol. The van der Waals surface area contributed by atoms with Crippen molar-refractivity contribution in [3.8, 4) is 0 Å². The zero-order valence-electron chi connectivity index (χ0n) is 7.75. The third kappa shape index (κ3) is 7.29. The summed E-state index contributed by atoms with van der Waals surface area (Å²) >= 11 is 4.64. The lowest BCUT2D eigenvalue weighted by atomic mass is 10.2. The molecule has 0 bridgehead atoms. The van der Waals surface area contributed by atoms with Crippen LogP contribution < -0.4 is 0 Å². The maximum Gasteiger partial charge on any atom is 0.150 e. The van der Waals surface area contributed by atoms with Gasteiger partial charge in [0.2, 0.25) is 0 Å². The molecule has 0 aliphatic rings. The molecule has 0 heterocycles. The van der Waals surface area contributed by atoms with E-state index in [1.807, 2.05) is 32.0 Å². The predicted molar refractivity (Wildman–Crippen MR) is 55.0 cm³/mol. The highest BCUT2D eigenvalue weighted by molar-refractivity contribution is 6.15. The molecule has 0 spiro atoms. The van der Waals surface area contributed by atoms with Crippen LogP contribution in [0.4, 0.5) is 0 Å². The molecule has 1 aromatic carbocycles. The molecule has 1 rings (SSSR count). The summed E-state index contributed by atoms with van der Waals surface area (Å²) in [4.78, 5) is 10.0. The summed E-state index contributed by atoms with van der Waals surface area (Å²) in [5.41, 5.74) is 0.729. The minimum Gasteiger partial charge on any atom is -0.298 e. The van der Waals surface area contributed by atoms with Crippen LogP contribution in [0.3, 0.4) is 0 Å². The summed E-state index contributed by atoms with van der Waals surface area (Å²) in [5, 5.41) is 0. The van der Waals surface area contributed by atoms with Crippen molar-refractivity contribution in [2.75, 3.05) is 6.38 Å². The van der Waals surface area contributed by atoms with Crippen LogP contribution in [0, 0.1) is 0 Å². The van der Waals surface area contributed by atoms with Gasteiger partial charge in [-0.25, -0.2) is 0 Å². The monoisotopic (exact) mass is 186 g/mol. The number of hydrogen-bond donors (Lipinski definition) is 0. The molecular formula is C10H15ClO. The summed E-state index contributed by atoms with van der Waals surface area (Å²) in [6, 6.07) is 9.10. The largest absolute Gasteiger partial charge is 0.298 e. The van der Waals surface area contributed by atoms with Gasteiger partial charge in [0, 0.05) is 11.9 Å². The van der Waals surface area contributed by atoms with E-state index in [9.17, 15) is 4.79 Å². The van der Waals surface area contributed by atoms with Crippen molar-refractivity contribution < 1.29 is 4.79 Å². The fourth-order valence-electron chi connectivity index (χ4n) is 0.532. The maximum atomic E-state index is 10.0. The third-order valence-corrected chi connectivity index (χ3v) is 0.936. The van der Waals surface area contributed by atoms with Crippen LogP contribution in [0.2, 0.25) is 0 Å². The Balaban J connectivity index is 0. The van der Waals surface area contributed by atoms with Gasteiger partial charge in [-0.05, 0) is 0 Å². The van der Waals surface area contributed by atoms with Gasteiger partial charge in [-0.2, -0.15) is 0 Å². The van der Waals surface area contributed by atoms with Crippen molar-refractivity contribution in [2.45, 2.75) is 13.8 Å². The van der Waals surface area contributed by atoms with Crippen molar-refractivity contribution in [2.24, 2.45) is 0 Å². The Labute approximate surface area is 79.4 Å². The second kappa shape index (κ2) is 12.8. The minimum absolute atomic E-state index is 0.729. The van der Waals surface area contributed by atoms with Crippen molar-refractivity contribution >= 4 is 17.9 Å². The standard InChI is InChI=1S/C7H6O.C2H6.CH3Cl/c8-6-7-4-2-1-3-5-7;2*1-2/h1-6H;1-2H3;1H3. The average molecular weight is 187 g/mol. The molecule has 0 radical (unpaired) electrons. The van der Waals surface area contributed by atoms with E-state index in [1.165, 1.54) is 6.38 Å². The highest BCUT2D eigenvalue weighted by Gasteiger charge is 1.79. The molecule has 0 aromatic heterocycles. The molecule has 0 N–H and O–H groups in total. The highest BCUT2D eigenvalue weighted by atomic mass is 35.5. The first-order chi connectivity index (χ1) is 5.93. The Bertz CT molecular complexity index is 172. The van der Waals surface area contributed by atoms with Crippen LogP contribution in [-0.4, -0.2) is 12.7 Å². The van der Waals surface area contributed by atoms with E-state index in [1.54, 1.807) is 12.1 Å². The number of alkyl halides is 1. The van der Waals surface area contributed by atoms with E-state index in [0.29, 0.717) is 0 Å². The molecule has 68 valence electrons. The lowest BCUT2D eigenvalue weighted by Gasteiger charge is -1.81. The Morgan fingerprint density at radius 1 is 1.08 bits per heavy atom. The number of benzene rings is 1. The molecule has 12 heavy (non-hydrogen) atoms. The van der Waals surface area contributed by atoms with E-state index < -0.39 is 0 Å². The van der Waals surface area contributed by atoms with Gasteiger partial charge in [0.15, 0.2) is 0 Å². The molecule has 0 saturated carbocycles. The number of carbonyl (C=O) groups excluding carboxylic acids is 1. The second-order valence-corrected chi connectivity index (χ2v) is 1.53. The smallest absolute Gasteiger partial charge is 0.150 e. The zero-order chi connectivity index (χ0) is 9.82. The van der Waals surface area contributed by atoms with Gasteiger partial charge in [-0.3, -0.25) is 4.79 Å². The van der Waals surface area contributed by atoms with Gasteiger partial charge in [0.1, 0.15) is 6.29 Å². The van der Waals surface area contributed by atoms with Crippen LogP contribution in [0.5, 0.6) is 0 Å². The first-order valence-corrected chi connectivity index (χ1v) is 4.57. The molecule has 0 amide bonds. The molecule has 2 heteroatoms. The lowest BCUT2D eigenvalue weighted by molar-refractivity contribution is 0.112. The van der Waals surface area contributed by atoms with Gasteiger partial charge < -0.3 is 0 Å². The van der Waals surface area contributed by atoms with Gasteiger partial charge in [0.05, 0.1) is 0 Å². The Hall–Kier alpha value is -0.820. The SMILES string of the molecule is CC.CCl.O=Cc1ccccc1. The van der Waals surface area contributed by atoms with Crippen LogP contribution >= 0.6 is 11.6 Å². The number of aldehydes is 1. The zero-order valence-corrected chi connectivity index (χ0v) is 8.51. The van der Waals surface area contributed by atoms with E-state index in [-0.39, 0.29) is 0 Å². The summed E-state index contributed by atoms with van der Waals surface area (Å²) in [6.07, 6.45) is 2.31. The molecule has 1 aromatic rings. The number of carbonyl (C=O) groups is 1. The van der Waals surface area contributed by atoms with Crippen LogP contribution in [0.15, 0.2) is 30.3 Å². The van der Waals surface area contributed by atoms with Gasteiger partial charge in [-0.1, -0.05) is 44.2 Å². The number of rotatable bonds is 1. The predicted octanol–water partition coefficient (Wildman–Crippen LogP) is 3.38. The Kier molecular flexibility index (Phi) is 14.7. The number of hydrogen-bond acceptors (Lipinski definition) is 1. The Morgan fingerprint density at radius 3 is 1.75 bits per heavy atom. The molecule has 0 saturated heterocycles. The minimum atomic E-state index is 0.729. The molecule has 1 nitrogen and oxygen atoms in total. The molecule has 0 aliphatic carbocycles. The first-order valence-electron chi connectivity index (χ1n) is 3.81. The van der Waals surface area contributed by atoms with Crippen molar-refractivity contribution in [3.63, 3.8) is 0 Å². The summed E-state index contributed by atoms with van der Waals surface area (Å²) in [7, 11) is 0. The summed E-state index contributed by atoms with van der Waals surface area (Å²) in [5.74, 6) is 0. The van der Waals surface area contributed by atoms with Crippen LogP contribution in [0.1, 0.15) is 24.2 Å². The normalized spacial score (nSPS) is 6.67. The van der Waals surface area contributed by atoms with Crippen molar-refractivity contribution in [1.82, 2.24) is 0 Å². The third-order valence-electron chi connectivity index (χ3n) is 0.936. The summed E-state index contributed by atoms with van der Waals surface area (Å²) in [6.45, 7) is 4.00. The van der Waals surface area contributed by atoms with Gasteiger partial charge in [-0.15, -0.1) is 11.6 Å². The highest BCUT2D eigenvalue weighted by Crippen LogP contribution is 1.91. The lowest BCUT2D eigenvalue weighted by Crippen LogP contribution is -1.73. The van der Waals surface area contributed by atoms with Crippen molar-refractivity contribution in [3.05, 3.63) is 35.9 Å². The molecule has 0 fully saturated rings. The second-order valence-electron chi connectivity index (χ2n) is 1.53. The fraction of sp³-hybridized carbons (Fsp3) is 0.300. The van der Waals surface area contributed by atoms with E-state index in [0.717, 1.165) is 11.8 Å². The maximum absolute atomic E-state index is 10.0. The van der Waals surface area contributed by atoms with Gasteiger partial charge >= 0.3 is 0 Å². The topological polar surface area (TPSA) is 17.1 Å². The average Bonchev–Trinajstić information content (AvgIpc) is 2.25. The van der Waals surface area contributed by atoms with E-state index >= 15 is 0 Å². The van der Waals surface area contributed by atoms with Crippen LogP contribution in [0.25, 0.3) is 0 Å². The Morgan fingerprint density at radius 2 is 1.50 bits per heavy atom. The molecule has 0 atom stereocenters. The quantitative estimate of drug-likeness (QED) is 0.486. The molecule has 0 unspecified atom stereocenters. The van der Waals surface area contributed by atoms with E-state index in [4.69, 9.17) is 0 Å². The van der Waals surface area contributed by atoms with E-state index in [2.05, 4.69) is 11.6 Å². The first kappa shape index (κ1) is 13.7. The number of halogens is 1. The fourth-order valence-corrected chi connectivity index (χ4v) is 0.532. The summed E-state index contributed by atoms with van der Waals surface area (Å²) < 4.78 is 0.